The van der Waals surface area contributed by atoms with Gasteiger partial charge in [0, 0.05) is 11.6 Å². The summed E-state index contributed by atoms with van der Waals surface area (Å²) in [6.07, 6.45) is 0. The predicted molar refractivity (Wildman–Crippen MR) is 67.6 cm³/mol. The van der Waals surface area contributed by atoms with Crippen molar-refractivity contribution in [2.45, 2.75) is 32.4 Å². The Morgan fingerprint density at radius 1 is 1.32 bits per heavy atom. The van der Waals surface area contributed by atoms with Crippen molar-refractivity contribution in [3.05, 3.63) is 35.4 Å². The lowest BCUT2D eigenvalue weighted by Gasteiger charge is -2.22. The standard InChI is InChI=1S/C13H15F2N3O/c1-7(2)16-12-17-11(19)13(3,18-12)9-6-8(14)4-5-10(9)15/h4-7H,1-3H3,(H2,16,17,18,19). The largest absolute Gasteiger partial charge is 0.338 e. The monoisotopic (exact) mass is 267 g/mol. The molecule has 6 heteroatoms. The second kappa shape index (κ2) is 4.60. The fraction of sp³-hybridized carbons (Fsp3) is 0.385. The lowest BCUT2D eigenvalue weighted by molar-refractivity contribution is -0.123. The minimum Gasteiger partial charge on any atom is -0.338 e. The number of carbonyl (C=O) groups is 1. The smallest absolute Gasteiger partial charge is 0.256 e. The van der Waals surface area contributed by atoms with Crippen LogP contribution in [0.25, 0.3) is 0 Å². The van der Waals surface area contributed by atoms with Crippen LogP contribution in [0, 0.1) is 11.6 Å². The molecule has 1 atom stereocenters. The Labute approximate surface area is 109 Å². The first kappa shape index (κ1) is 13.5. The summed E-state index contributed by atoms with van der Waals surface area (Å²) in [7, 11) is 0. The lowest BCUT2D eigenvalue weighted by Crippen LogP contribution is -2.41. The summed E-state index contributed by atoms with van der Waals surface area (Å²) in [6.45, 7) is 5.18. The Morgan fingerprint density at radius 3 is 2.63 bits per heavy atom. The number of rotatable bonds is 2. The summed E-state index contributed by atoms with van der Waals surface area (Å²) in [6, 6.07) is 3.00. The zero-order valence-electron chi connectivity index (χ0n) is 10.9. The third-order valence-corrected chi connectivity index (χ3v) is 2.91. The van der Waals surface area contributed by atoms with E-state index in [1.165, 1.54) is 6.92 Å². The second-order valence-corrected chi connectivity index (χ2v) is 4.90. The maximum atomic E-state index is 13.8. The Hall–Kier alpha value is -1.98. The maximum absolute atomic E-state index is 13.8. The van der Waals surface area contributed by atoms with Gasteiger partial charge in [0.25, 0.3) is 5.91 Å². The molecule has 0 aliphatic carbocycles. The summed E-state index contributed by atoms with van der Waals surface area (Å²) in [5.41, 5.74) is -1.40. The second-order valence-electron chi connectivity index (χ2n) is 4.90. The van der Waals surface area contributed by atoms with Gasteiger partial charge in [0.1, 0.15) is 17.2 Å². The van der Waals surface area contributed by atoms with Crippen molar-refractivity contribution < 1.29 is 13.6 Å². The quantitative estimate of drug-likeness (QED) is 0.856. The maximum Gasteiger partial charge on any atom is 0.256 e. The molecule has 1 saturated heterocycles. The predicted octanol–water partition coefficient (Wildman–Crippen LogP) is 1.66. The fourth-order valence-electron chi connectivity index (χ4n) is 1.95. The van der Waals surface area contributed by atoms with E-state index in [0.29, 0.717) is 0 Å². The zero-order valence-corrected chi connectivity index (χ0v) is 10.9. The first-order chi connectivity index (χ1) is 8.83. The van der Waals surface area contributed by atoms with E-state index in [1.54, 1.807) is 0 Å². The number of hydrogen-bond donors (Lipinski definition) is 2. The van der Waals surface area contributed by atoms with E-state index in [4.69, 9.17) is 0 Å². The molecule has 1 heterocycles. The normalized spacial score (nSPS) is 24.7. The van der Waals surface area contributed by atoms with E-state index in [9.17, 15) is 13.6 Å². The minimum absolute atomic E-state index is 0.0255. The topological polar surface area (TPSA) is 53.5 Å². The fourth-order valence-corrected chi connectivity index (χ4v) is 1.95. The number of nitrogens with one attached hydrogen (secondary N) is 2. The van der Waals surface area contributed by atoms with Crippen LogP contribution in [0.3, 0.4) is 0 Å². The van der Waals surface area contributed by atoms with Crippen molar-refractivity contribution in [2.75, 3.05) is 0 Å². The number of hydrogen-bond acceptors (Lipinski definition) is 2. The Morgan fingerprint density at radius 2 is 2.00 bits per heavy atom. The highest BCUT2D eigenvalue weighted by Gasteiger charge is 2.44. The molecule has 4 nitrogen and oxygen atoms in total. The van der Waals surface area contributed by atoms with Gasteiger partial charge >= 0.3 is 0 Å². The van der Waals surface area contributed by atoms with Gasteiger partial charge in [0.2, 0.25) is 0 Å². The molecule has 1 aliphatic rings. The number of amides is 1. The van der Waals surface area contributed by atoms with Crippen LogP contribution in [0.1, 0.15) is 26.3 Å². The van der Waals surface area contributed by atoms with Crippen molar-refractivity contribution in [1.29, 1.82) is 0 Å². The van der Waals surface area contributed by atoms with E-state index in [-0.39, 0.29) is 17.6 Å². The summed E-state index contributed by atoms with van der Waals surface area (Å²) in [5, 5.41) is 5.35. The van der Waals surface area contributed by atoms with Crippen molar-refractivity contribution in [3.8, 4) is 0 Å². The molecule has 0 saturated carbocycles. The molecule has 19 heavy (non-hydrogen) atoms. The van der Waals surface area contributed by atoms with E-state index in [0.717, 1.165) is 18.2 Å². The van der Waals surface area contributed by atoms with E-state index in [1.807, 2.05) is 13.8 Å². The molecule has 1 unspecified atom stereocenters. The minimum atomic E-state index is -1.36. The van der Waals surface area contributed by atoms with E-state index < -0.39 is 23.1 Å². The summed E-state index contributed by atoms with van der Waals surface area (Å²) >= 11 is 0. The van der Waals surface area contributed by atoms with Crippen LogP contribution in [-0.4, -0.2) is 17.9 Å². The number of nitrogens with zero attached hydrogens (tertiary/aromatic N) is 1. The van der Waals surface area contributed by atoms with Gasteiger partial charge in [-0.25, -0.2) is 8.78 Å². The number of aliphatic imine (C=N–C) groups is 1. The third-order valence-electron chi connectivity index (χ3n) is 2.91. The highest BCUT2D eigenvalue weighted by molar-refractivity contribution is 6.09. The molecule has 0 aromatic heterocycles. The van der Waals surface area contributed by atoms with Crippen LogP contribution >= 0.6 is 0 Å². The van der Waals surface area contributed by atoms with E-state index >= 15 is 0 Å². The van der Waals surface area contributed by atoms with Crippen LogP contribution in [0.2, 0.25) is 0 Å². The molecule has 1 aromatic carbocycles. The number of guanidine groups is 1. The molecule has 0 bridgehead atoms. The molecule has 2 N–H and O–H groups in total. The molecular weight excluding hydrogens is 252 g/mol. The molecule has 0 radical (unpaired) electrons. The molecule has 1 fully saturated rings. The first-order valence-corrected chi connectivity index (χ1v) is 5.96. The first-order valence-electron chi connectivity index (χ1n) is 5.96. The Kier molecular flexibility index (Phi) is 3.26. The van der Waals surface area contributed by atoms with Crippen LogP contribution in [0.4, 0.5) is 8.78 Å². The van der Waals surface area contributed by atoms with Crippen molar-refractivity contribution in [2.24, 2.45) is 4.99 Å². The van der Waals surface area contributed by atoms with Gasteiger partial charge in [-0.15, -0.1) is 0 Å². The lowest BCUT2D eigenvalue weighted by atomic mass is 9.92. The van der Waals surface area contributed by atoms with Gasteiger partial charge in [0.05, 0.1) is 0 Å². The summed E-state index contributed by atoms with van der Waals surface area (Å²) in [5.74, 6) is -1.43. The van der Waals surface area contributed by atoms with Crippen LogP contribution in [-0.2, 0) is 10.3 Å². The van der Waals surface area contributed by atoms with Crippen molar-refractivity contribution in [3.63, 3.8) is 0 Å². The van der Waals surface area contributed by atoms with Crippen LogP contribution in [0.5, 0.6) is 0 Å². The third kappa shape index (κ3) is 2.43. The van der Waals surface area contributed by atoms with Crippen molar-refractivity contribution >= 4 is 11.9 Å². The van der Waals surface area contributed by atoms with Gasteiger partial charge in [0.15, 0.2) is 5.96 Å². The van der Waals surface area contributed by atoms with Gasteiger partial charge in [-0.2, -0.15) is 0 Å². The Bertz CT molecular complexity index is 557. The van der Waals surface area contributed by atoms with Gasteiger partial charge in [-0.05, 0) is 39.0 Å². The van der Waals surface area contributed by atoms with Crippen molar-refractivity contribution in [1.82, 2.24) is 10.6 Å². The molecule has 102 valence electrons. The van der Waals surface area contributed by atoms with E-state index in [2.05, 4.69) is 15.6 Å². The number of carbonyl (C=O) groups excluding carboxylic acids is 1. The van der Waals surface area contributed by atoms with Crippen LogP contribution < -0.4 is 10.6 Å². The van der Waals surface area contributed by atoms with Gasteiger partial charge in [-0.3, -0.25) is 15.1 Å². The highest BCUT2D eigenvalue weighted by atomic mass is 19.1. The van der Waals surface area contributed by atoms with Gasteiger partial charge in [-0.1, -0.05) is 0 Å². The average Bonchev–Trinajstić information content (AvgIpc) is 2.57. The summed E-state index contributed by atoms with van der Waals surface area (Å²) in [4.78, 5) is 16.2. The molecule has 1 aliphatic heterocycles. The van der Waals surface area contributed by atoms with Crippen LogP contribution in [0.15, 0.2) is 23.2 Å². The average molecular weight is 267 g/mol. The molecular formula is C13H15F2N3O. The highest BCUT2D eigenvalue weighted by Crippen LogP contribution is 2.27. The molecule has 1 amide bonds. The van der Waals surface area contributed by atoms with Gasteiger partial charge < -0.3 is 5.32 Å². The molecule has 0 spiro atoms. The SMILES string of the molecule is CC(C)N=C1NC(=O)C(C)(c2cc(F)ccc2F)N1. The number of halogens is 2. The zero-order chi connectivity index (χ0) is 14.2. The molecule has 1 aromatic rings. The number of benzene rings is 1. The Balaban J connectivity index is 2.43. The summed E-state index contributed by atoms with van der Waals surface area (Å²) < 4.78 is 27.1. The molecule has 2 rings (SSSR count).